The predicted octanol–water partition coefficient (Wildman–Crippen LogP) is -0.587. The van der Waals surface area contributed by atoms with Gasteiger partial charge in [0.2, 0.25) is 11.8 Å². The minimum absolute atomic E-state index is 0.0278. The highest BCUT2D eigenvalue weighted by Crippen LogP contribution is 2.14. The molecular weight excluding hydrogens is 194 g/mol. The molecule has 2 atom stereocenters. The summed E-state index contributed by atoms with van der Waals surface area (Å²) in [5.74, 6) is -0.139. The Morgan fingerprint density at radius 1 is 1.73 bits per heavy atom. The second-order valence-electron chi connectivity index (χ2n) is 3.96. The van der Waals surface area contributed by atoms with E-state index in [1.54, 1.807) is 23.8 Å². The molecular formula is C10H19N3O2. The lowest BCUT2D eigenvalue weighted by Crippen LogP contribution is -2.48. The molecule has 0 radical (unpaired) electrons. The van der Waals surface area contributed by atoms with E-state index in [-0.39, 0.29) is 11.8 Å². The summed E-state index contributed by atoms with van der Waals surface area (Å²) < 4.78 is 0. The first kappa shape index (κ1) is 12.0. The van der Waals surface area contributed by atoms with E-state index < -0.39 is 12.1 Å². The van der Waals surface area contributed by atoms with Gasteiger partial charge in [-0.3, -0.25) is 9.59 Å². The van der Waals surface area contributed by atoms with Crippen LogP contribution in [-0.2, 0) is 9.59 Å². The van der Waals surface area contributed by atoms with E-state index in [0.29, 0.717) is 19.5 Å². The fourth-order valence-electron chi connectivity index (χ4n) is 1.72. The summed E-state index contributed by atoms with van der Waals surface area (Å²) in [6.07, 6.45) is 0.645. The largest absolute Gasteiger partial charge is 0.344 e. The van der Waals surface area contributed by atoms with Crippen LogP contribution in [0.5, 0.6) is 0 Å². The molecule has 0 aromatic rings. The molecule has 1 fully saturated rings. The average Bonchev–Trinajstić information content (AvgIpc) is 2.56. The third-order valence-electron chi connectivity index (χ3n) is 2.96. The van der Waals surface area contributed by atoms with Crippen LogP contribution in [0.4, 0.5) is 0 Å². The van der Waals surface area contributed by atoms with Gasteiger partial charge in [0.1, 0.15) is 6.04 Å². The van der Waals surface area contributed by atoms with Gasteiger partial charge in [-0.2, -0.15) is 0 Å². The van der Waals surface area contributed by atoms with Crippen LogP contribution >= 0.6 is 0 Å². The molecule has 1 saturated heterocycles. The van der Waals surface area contributed by atoms with Crippen molar-refractivity contribution in [2.24, 2.45) is 5.73 Å². The SMILES string of the molecule is CCN(C)C(=O)C(C)N1CCC(N)C1=O. The molecule has 2 amide bonds. The summed E-state index contributed by atoms with van der Waals surface area (Å²) in [6.45, 7) is 4.90. The molecule has 0 bridgehead atoms. The van der Waals surface area contributed by atoms with Crippen LogP contribution in [0, 0.1) is 0 Å². The Morgan fingerprint density at radius 3 is 2.73 bits per heavy atom. The minimum atomic E-state index is -0.424. The summed E-state index contributed by atoms with van der Waals surface area (Å²) in [4.78, 5) is 26.6. The van der Waals surface area contributed by atoms with Crippen LogP contribution in [0.15, 0.2) is 0 Å². The standard InChI is InChI=1S/C10H19N3O2/c1-4-12(3)9(14)7(2)13-6-5-8(11)10(13)15/h7-8H,4-6,11H2,1-3H3. The molecule has 2 unspecified atom stereocenters. The number of nitrogens with two attached hydrogens (primary N) is 1. The highest BCUT2D eigenvalue weighted by atomic mass is 16.2. The zero-order chi connectivity index (χ0) is 11.6. The number of hydrogen-bond donors (Lipinski definition) is 1. The second kappa shape index (κ2) is 4.61. The quantitative estimate of drug-likeness (QED) is 0.681. The van der Waals surface area contributed by atoms with Crippen molar-refractivity contribution in [3.8, 4) is 0 Å². The molecule has 1 aliphatic rings. The van der Waals surface area contributed by atoms with Crippen molar-refractivity contribution in [2.75, 3.05) is 20.1 Å². The van der Waals surface area contributed by atoms with Crippen LogP contribution in [0.25, 0.3) is 0 Å². The summed E-state index contributed by atoms with van der Waals surface area (Å²) in [6, 6.07) is -0.816. The highest BCUT2D eigenvalue weighted by molar-refractivity contribution is 5.90. The van der Waals surface area contributed by atoms with Crippen LogP contribution < -0.4 is 5.73 Å². The highest BCUT2D eigenvalue weighted by Gasteiger charge is 2.35. The summed E-state index contributed by atoms with van der Waals surface area (Å²) in [7, 11) is 1.74. The summed E-state index contributed by atoms with van der Waals surface area (Å²) >= 11 is 0. The summed E-state index contributed by atoms with van der Waals surface area (Å²) in [5.41, 5.74) is 5.60. The second-order valence-corrected chi connectivity index (χ2v) is 3.96. The first-order chi connectivity index (χ1) is 6.99. The fourth-order valence-corrected chi connectivity index (χ4v) is 1.72. The maximum Gasteiger partial charge on any atom is 0.244 e. The number of amides is 2. The maximum absolute atomic E-state index is 11.8. The molecule has 0 saturated carbocycles. The van der Waals surface area contributed by atoms with Gasteiger partial charge in [0, 0.05) is 20.1 Å². The Morgan fingerprint density at radius 2 is 2.33 bits per heavy atom. The van der Waals surface area contributed by atoms with E-state index in [0.717, 1.165) is 0 Å². The van der Waals surface area contributed by atoms with Crippen molar-refractivity contribution in [2.45, 2.75) is 32.4 Å². The number of nitrogens with zero attached hydrogens (tertiary/aromatic N) is 2. The van der Waals surface area contributed by atoms with Gasteiger partial charge in [0.15, 0.2) is 0 Å². The van der Waals surface area contributed by atoms with Crippen molar-refractivity contribution in [3.63, 3.8) is 0 Å². The van der Waals surface area contributed by atoms with Gasteiger partial charge in [0.25, 0.3) is 0 Å². The number of carbonyl (C=O) groups is 2. The minimum Gasteiger partial charge on any atom is -0.344 e. The molecule has 5 nitrogen and oxygen atoms in total. The molecule has 1 rings (SSSR count). The zero-order valence-corrected chi connectivity index (χ0v) is 9.56. The number of likely N-dealkylation sites (N-methyl/N-ethyl adjacent to an activating group) is 1. The molecule has 5 heteroatoms. The number of hydrogen-bond acceptors (Lipinski definition) is 3. The van der Waals surface area contributed by atoms with Crippen molar-refractivity contribution in [1.29, 1.82) is 0 Å². The third kappa shape index (κ3) is 2.28. The molecule has 86 valence electrons. The lowest BCUT2D eigenvalue weighted by atomic mass is 10.2. The van der Waals surface area contributed by atoms with Gasteiger partial charge in [0.05, 0.1) is 6.04 Å². The van der Waals surface area contributed by atoms with Gasteiger partial charge in [-0.25, -0.2) is 0 Å². The fraction of sp³-hybridized carbons (Fsp3) is 0.800. The molecule has 2 N–H and O–H groups in total. The number of carbonyl (C=O) groups excluding carboxylic acids is 2. The Bertz CT molecular complexity index is 267. The molecule has 1 heterocycles. The Balaban J connectivity index is 2.65. The van der Waals surface area contributed by atoms with Gasteiger partial charge < -0.3 is 15.5 Å². The molecule has 1 aliphatic heterocycles. The normalized spacial score (nSPS) is 23.1. The van der Waals surface area contributed by atoms with E-state index in [1.807, 2.05) is 6.92 Å². The van der Waals surface area contributed by atoms with Crippen molar-refractivity contribution < 1.29 is 9.59 Å². The lowest BCUT2D eigenvalue weighted by molar-refractivity contribution is -0.142. The number of likely N-dealkylation sites (tertiary alicyclic amines) is 1. The molecule has 0 aromatic heterocycles. The smallest absolute Gasteiger partial charge is 0.244 e. The first-order valence-corrected chi connectivity index (χ1v) is 5.30. The van der Waals surface area contributed by atoms with Crippen LogP contribution in [0.3, 0.4) is 0 Å². The zero-order valence-electron chi connectivity index (χ0n) is 9.56. The lowest BCUT2D eigenvalue weighted by Gasteiger charge is -2.27. The van der Waals surface area contributed by atoms with Crippen molar-refractivity contribution in [3.05, 3.63) is 0 Å². The van der Waals surface area contributed by atoms with Crippen molar-refractivity contribution >= 4 is 11.8 Å². The molecule has 0 aliphatic carbocycles. The first-order valence-electron chi connectivity index (χ1n) is 5.30. The van der Waals surface area contributed by atoms with E-state index in [9.17, 15) is 9.59 Å². The van der Waals surface area contributed by atoms with Gasteiger partial charge >= 0.3 is 0 Å². The summed E-state index contributed by atoms with van der Waals surface area (Å²) in [5, 5.41) is 0. The van der Waals surface area contributed by atoms with Crippen LogP contribution in [-0.4, -0.2) is 53.8 Å². The Kier molecular flexibility index (Phi) is 3.68. The van der Waals surface area contributed by atoms with Crippen molar-refractivity contribution in [1.82, 2.24) is 9.80 Å². The van der Waals surface area contributed by atoms with Gasteiger partial charge in [-0.1, -0.05) is 0 Å². The number of rotatable bonds is 3. The predicted molar refractivity (Wildman–Crippen MR) is 57.1 cm³/mol. The third-order valence-corrected chi connectivity index (χ3v) is 2.96. The molecule has 0 spiro atoms. The Hall–Kier alpha value is -1.10. The van der Waals surface area contributed by atoms with E-state index in [2.05, 4.69) is 0 Å². The van der Waals surface area contributed by atoms with Gasteiger partial charge in [-0.05, 0) is 20.3 Å². The van der Waals surface area contributed by atoms with E-state index >= 15 is 0 Å². The van der Waals surface area contributed by atoms with E-state index in [1.165, 1.54) is 0 Å². The van der Waals surface area contributed by atoms with Crippen LogP contribution in [0.1, 0.15) is 20.3 Å². The maximum atomic E-state index is 11.8. The van der Waals surface area contributed by atoms with Gasteiger partial charge in [-0.15, -0.1) is 0 Å². The average molecular weight is 213 g/mol. The Labute approximate surface area is 90.2 Å². The monoisotopic (exact) mass is 213 g/mol. The topological polar surface area (TPSA) is 66.6 Å². The molecule has 15 heavy (non-hydrogen) atoms. The van der Waals surface area contributed by atoms with Crippen LogP contribution in [0.2, 0.25) is 0 Å². The van der Waals surface area contributed by atoms with E-state index in [4.69, 9.17) is 5.73 Å². The molecule has 0 aromatic carbocycles.